The third kappa shape index (κ3) is 12.7. The van der Waals surface area contributed by atoms with Crippen molar-refractivity contribution in [2.24, 2.45) is 17.4 Å². The van der Waals surface area contributed by atoms with Gasteiger partial charge in [0.15, 0.2) is 0 Å². The summed E-state index contributed by atoms with van der Waals surface area (Å²) in [6, 6.07) is -5.61. The van der Waals surface area contributed by atoms with Crippen molar-refractivity contribution in [3.8, 4) is 0 Å². The quantitative estimate of drug-likeness (QED) is 0.103. The molecule has 194 valence electrons. The number of nitrogens with one attached hydrogen (secondary N) is 3. The molecule has 0 saturated carbocycles. The second kappa shape index (κ2) is 15.6. The van der Waals surface area contributed by atoms with Crippen LogP contribution in [0.5, 0.6) is 0 Å². The number of amides is 3. The van der Waals surface area contributed by atoms with Gasteiger partial charge in [-0.25, -0.2) is 4.79 Å². The van der Waals surface area contributed by atoms with Crippen LogP contribution in [-0.2, 0) is 28.8 Å². The molecule has 0 aromatic carbocycles. The first-order chi connectivity index (χ1) is 15.8. The van der Waals surface area contributed by atoms with Crippen LogP contribution in [0.4, 0.5) is 0 Å². The van der Waals surface area contributed by atoms with Gasteiger partial charge in [-0.1, -0.05) is 13.8 Å². The van der Waals surface area contributed by atoms with E-state index in [1.165, 1.54) is 0 Å². The molecule has 0 rings (SSSR count). The van der Waals surface area contributed by atoms with E-state index >= 15 is 0 Å². The number of carbonyl (C=O) groups is 6. The fraction of sp³-hybridized carbons (Fsp3) is 0.700. The molecule has 0 heterocycles. The van der Waals surface area contributed by atoms with Crippen LogP contribution in [0.15, 0.2) is 0 Å². The monoisotopic (exact) mass is 489 g/mol. The summed E-state index contributed by atoms with van der Waals surface area (Å²) in [5.41, 5.74) is 10.9. The predicted octanol–water partition coefficient (Wildman–Crippen LogP) is -2.02. The Morgan fingerprint density at radius 2 is 1.24 bits per heavy atom. The van der Waals surface area contributed by atoms with Crippen LogP contribution >= 0.6 is 0 Å². The average Bonchev–Trinajstić information content (AvgIpc) is 2.70. The smallest absolute Gasteiger partial charge is 0.326 e. The molecular formula is C20H35N5O9. The van der Waals surface area contributed by atoms with Crippen molar-refractivity contribution in [1.29, 1.82) is 0 Å². The summed E-state index contributed by atoms with van der Waals surface area (Å²) in [6.07, 6.45) is -0.480. The highest BCUT2D eigenvalue weighted by Gasteiger charge is 2.31. The molecule has 0 aromatic rings. The van der Waals surface area contributed by atoms with E-state index in [0.29, 0.717) is 19.4 Å². The number of carboxylic acid groups (broad SMARTS) is 3. The Hall–Kier alpha value is -3.26. The van der Waals surface area contributed by atoms with Crippen molar-refractivity contribution in [3.63, 3.8) is 0 Å². The molecule has 0 aliphatic heterocycles. The van der Waals surface area contributed by atoms with Crippen LogP contribution in [0.3, 0.4) is 0 Å². The number of aliphatic carboxylic acids is 3. The Labute approximate surface area is 196 Å². The van der Waals surface area contributed by atoms with Gasteiger partial charge in [-0.15, -0.1) is 0 Å². The number of hydrogen-bond acceptors (Lipinski definition) is 8. The largest absolute Gasteiger partial charge is 0.481 e. The van der Waals surface area contributed by atoms with Crippen LogP contribution in [-0.4, -0.2) is 81.7 Å². The molecule has 0 aromatic heterocycles. The van der Waals surface area contributed by atoms with Gasteiger partial charge in [-0.05, 0) is 38.1 Å². The fourth-order valence-electron chi connectivity index (χ4n) is 2.94. The highest BCUT2D eigenvalue weighted by molar-refractivity contribution is 5.96. The van der Waals surface area contributed by atoms with Crippen molar-refractivity contribution in [3.05, 3.63) is 0 Å². The lowest BCUT2D eigenvalue weighted by Gasteiger charge is -2.25. The molecule has 14 heteroatoms. The Bertz CT molecular complexity index is 744. The number of rotatable bonds is 17. The van der Waals surface area contributed by atoms with Gasteiger partial charge in [0.05, 0.1) is 18.9 Å². The van der Waals surface area contributed by atoms with E-state index in [1.807, 2.05) is 0 Å². The minimum Gasteiger partial charge on any atom is -0.481 e. The number of carbonyl (C=O) groups excluding carboxylic acids is 3. The second-order valence-electron chi connectivity index (χ2n) is 8.24. The topological polar surface area (TPSA) is 251 Å². The van der Waals surface area contributed by atoms with Crippen LogP contribution < -0.4 is 27.4 Å². The zero-order valence-electron chi connectivity index (χ0n) is 19.3. The van der Waals surface area contributed by atoms with E-state index < -0.39 is 72.6 Å². The first-order valence-electron chi connectivity index (χ1n) is 10.8. The molecule has 0 fully saturated rings. The average molecular weight is 490 g/mol. The van der Waals surface area contributed by atoms with Crippen molar-refractivity contribution in [2.75, 3.05) is 6.54 Å². The van der Waals surface area contributed by atoms with Gasteiger partial charge >= 0.3 is 17.9 Å². The molecule has 4 atom stereocenters. The van der Waals surface area contributed by atoms with Gasteiger partial charge in [-0.3, -0.25) is 24.0 Å². The first-order valence-corrected chi connectivity index (χ1v) is 10.8. The molecule has 14 nitrogen and oxygen atoms in total. The fourth-order valence-corrected chi connectivity index (χ4v) is 2.94. The van der Waals surface area contributed by atoms with Gasteiger partial charge in [0.1, 0.15) is 18.1 Å². The third-order valence-electron chi connectivity index (χ3n) is 4.64. The summed E-state index contributed by atoms with van der Waals surface area (Å²) >= 11 is 0. The minimum absolute atomic E-state index is 0.0446. The maximum absolute atomic E-state index is 12.8. The van der Waals surface area contributed by atoms with Gasteiger partial charge in [0.2, 0.25) is 17.7 Å². The second-order valence-corrected chi connectivity index (χ2v) is 8.24. The van der Waals surface area contributed by atoms with Gasteiger partial charge in [0.25, 0.3) is 0 Å². The lowest BCUT2D eigenvalue weighted by Crippen LogP contribution is -2.57. The van der Waals surface area contributed by atoms with E-state index in [2.05, 4.69) is 16.0 Å². The molecule has 3 amide bonds. The molecular weight excluding hydrogens is 454 g/mol. The number of carboxylic acids is 3. The number of unbranched alkanes of at least 4 members (excludes halogenated alkanes) is 1. The minimum atomic E-state index is -1.65. The summed E-state index contributed by atoms with van der Waals surface area (Å²) in [5, 5.41) is 34.0. The zero-order valence-corrected chi connectivity index (χ0v) is 19.3. The summed E-state index contributed by atoms with van der Waals surface area (Å²) in [5.74, 6) is -6.99. The Morgan fingerprint density at radius 1 is 0.735 bits per heavy atom. The van der Waals surface area contributed by atoms with Crippen LogP contribution in [0, 0.1) is 5.92 Å². The molecule has 0 aliphatic rings. The molecule has 4 unspecified atom stereocenters. The molecule has 34 heavy (non-hydrogen) atoms. The van der Waals surface area contributed by atoms with Gasteiger partial charge in [0, 0.05) is 0 Å². The predicted molar refractivity (Wildman–Crippen MR) is 118 cm³/mol. The van der Waals surface area contributed by atoms with Crippen molar-refractivity contribution < 1.29 is 44.1 Å². The SMILES string of the molecule is CC(C)CC(NC(=O)C(CCCCN)NC(=O)C(CC(=O)O)NC(=O)C(N)CC(=O)O)C(=O)O. The summed E-state index contributed by atoms with van der Waals surface area (Å²) in [6.45, 7) is 3.86. The highest BCUT2D eigenvalue weighted by Crippen LogP contribution is 2.08. The molecule has 0 radical (unpaired) electrons. The summed E-state index contributed by atoms with van der Waals surface area (Å²) in [4.78, 5) is 71.0. The van der Waals surface area contributed by atoms with Crippen LogP contribution in [0.1, 0.15) is 52.4 Å². The number of hydrogen-bond donors (Lipinski definition) is 8. The van der Waals surface area contributed by atoms with E-state index in [9.17, 15) is 33.9 Å². The lowest BCUT2D eigenvalue weighted by atomic mass is 10.0. The maximum atomic E-state index is 12.8. The Balaban J connectivity index is 5.55. The molecule has 10 N–H and O–H groups in total. The number of nitrogens with two attached hydrogens (primary N) is 2. The molecule has 0 aliphatic carbocycles. The Kier molecular flexibility index (Phi) is 14.1. The molecule has 0 saturated heterocycles. The van der Waals surface area contributed by atoms with Crippen molar-refractivity contribution in [1.82, 2.24) is 16.0 Å². The maximum Gasteiger partial charge on any atom is 0.326 e. The van der Waals surface area contributed by atoms with Gasteiger partial charge in [-0.2, -0.15) is 0 Å². The summed E-state index contributed by atoms with van der Waals surface area (Å²) in [7, 11) is 0. The normalized spacial score (nSPS) is 14.4. The molecule has 0 spiro atoms. The third-order valence-corrected chi connectivity index (χ3v) is 4.64. The zero-order chi connectivity index (χ0) is 26.4. The van der Waals surface area contributed by atoms with E-state index in [1.54, 1.807) is 13.8 Å². The van der Waals surface area contributed by atoms with Gasteiger partial charge < -0.3 is 42.7 Å². The van der Waals surface area contributed by atoms with Crippen molar-refractivity contribution >= 4 is 35.6 Å². The standard InChI is InChI=1S/C20H35N5O9/c1-10(2)7-14(20(33)34)25-18(31)12(5-3-4-6-21)23-19(32)13(9-16(28)29)24-17(30)11(22)8-15(26)27/h10-14H,3-9,21-22H2,1-2H3,(H,23,32)(H,24,30)(H,25,31)(H,26,27)(H,28,29)(H,33,34). The van der Waals surface area contributed by atoms with E-state index in [0.717, 1.165) is 0 Å². The van der Waals surface area contributed by atoms with E-state index in [-0.39, 0.29) is 18.8 Å². The first kappa shape index (κ1) is 30.7. The summed E-state index contributed by atoms with van der Waals surface area (Å²) < 4.78 is 0. The molecule has 0 bridgehead atoms. The lowest BCUT2D eigenvalue weighted by molar-refractivity contribution is -0.143. The van der Waals surface area contributed by atoms with Crippen LogP contribution in [0.25, 0.3) is 0 Å². The Morgan fingerprint density at radius 3 is 1.71 bits per heavy atom. The van der Waals surface area contributed by atoms with Crippen molar-refractivity contribution in [2.45, 2.75) is 76.5 Å². The highest BCUT2D eigenvalue weighted by atomic mass is 16.4. The van der Waals surface area contributed by atoms with E-state index in [4.69, 9.17) is 21.7 Å². The van der Waals surface area contributed by atoms with Crippen LogP contribution in [0.2, 0.25) is 0 Å².